The van der Waals surface area contributed by atoms with Crippen molar-refractivity contribution in [3.8, 4) is 11.5 Å². The maximum Gasteiger partial charge on any atom is 0.513 e. The van der Waals surface area contributed by atoms with Crippen molar-refractivity contribution in [2.75, 3.05) is 53.7 Å². The van der Waals surface area contributed by atoms with Crippen molar-refractivity contribution in [3.05, 3.63) is 35.1 Å². The normalized spacial score (nSPS) is 40.3. The molecule has 12 N–H and O–H groups in total. The molecule has 5 aliphatic heterocycles. The molecule has 19 atom stereocenters. The molecule has 0 radical (unpaired) electrons. The molecule has 1 spiro atoms. The number of aliphatic hydroxyl groups is 8. The molecule has 6 unspecified atom stereocenters. The number of carbonyl (C=O) groups excluding carboxylic acids is 3. The van der Waals surface area contributed by atoms with Crippen LogP contribution in [0.25, 0.3) is 0 Å². The Balaban J connectivity index is 0.828. The maximum absolute atomic E-state index is 13.7. The number of benzene rings is 1. The number of unbranched alkanes of at least 4 members (excludes halogenated alkanes) is 2. The van der Waals surface area contributed by atoms with Crippen molar-refractivity contribution >= 4 is 18.0 Å². The van der Waals surface area contributed by atoms with Crippen molar-refractivity contribution in [3.63, 3.8) is 0 Å². The Morgan fingerprint density at radius 2 is 1.47 bits per heavy atom. The summed E-state index contributed by atoms with van der Waals surface area (Å²) in [6, 6.07) is -0.648. The molecule has 74 heavy (non-hydrogen) atoms. The monoisotopic (exact) mass is 1050 g/mol. The second-order valence-corrected chi connectivity index (χ2v) is 20.8. The van der Waals surface area contributed by atoms with Crippen molar-refractivity contribution in [2.45, 2.75) is 180 Å². The fraction of sp³-hybridized carbons (Fsp3) is 0.776. The molecule has 0 aromatic heterocycles. The Morgan fingerprint density at radius 1 is 0.838 bits per heavy atom. The van der Waals surface area contributed by atoms with Crippen LogP contribution < -0.4 is 25.8 Å². The van der Waals surface area contributed by atoms with Crippen LogP contribution in [0.2, 0.25) is 0 Å². The van der Waals surface area contributed by atoms with Gasteiger partial charge in [0.2, 0.25) is 11.8 Å². The van der Waals surface area contributed by atoms with Crippen LogP contribution in [0.15, 0.2) is 24.0 Å². The van der Waals surface area contributed by atoms with Gasteiger partial charge in [-0.15, -0.1) is 0 Å². The molecular weight excluding hydrogens is 981 g/mol. The minimum absolute atomic E-state index is 0.0418. The lowest BCUT2D eigenvalue weighted by atomic mass is 9.50. The van der Waals surface area contributed by atoms with Crippen molar-refractivity contribution in [1.29, 1.82) is 0 Å². The van der Waals surface area contributed by atoms with Crippen molar-refractivity contribution < 1.29 is 103 Å². The summed E-state index contributed by atoms with van der Waals surface area (Å²) in [5.41, 5.74) is 5.81. The van der Waals surface area contributed by atoms with Gasteiger partial charge in [-0.25, -0.2) is 4.79 Å². The zero-order chi connectivity index (χ0) is 52.8. The number of likely N-dealkylation sites (tertiary alicyclic amines) is 1. The van der Waals surface area contributed by atoms with Gasteiger partial charge >= 0.3 is 6.16 Å². The Morgan fingerprint density at radius 3 is 2.11 bits per heavy atom. The van der Waals surface area contributed by atoms with Crippen LogP contribution >= 0.6 is 0 Å². The molecule has 5 fully saturated rings. The standard InChI is InChI=1S/C49H72N4O21/c1-22(57)51-34-37(61)40(65-2)27(19-54)69-45(34)74-42-29(21-56)70-46(73-41-28(20-55)68-44(66-3)33(50)36(41)60)35(38(42)62)52-31(59)7-5-4-6-16-67-47(63)71-26-11-10-24-17-30-49(64)13-12-25(58)43-48(49,32(24)39(26)72-43)14-15-53(30)18-23-8-9-23/h10-12,23,27-30,33-38,40-46,54-56,58,60-62,64H,4-9,13-21,50H2,1-3H3,(H,51,57)(H,52,59)/t27?,28?,29?,30-,33?,34?,35?,36-,37-,38-,40-,41-,42-,43+,44-,45+,46+,48+,49-/m1/s1. The summed E-state index contributed by atoms with van der Waals surface area (Å²) in [4.78, 5) is 41.5. The lowest BCUT2D eigenvalue weighted by Crippen LogP contribution is -2.75. The molecule has 25 heteroatoms. The van der Waals surface area contributed by atoms with E-state index in [1.165, 1.54) is 34.0 Å². The van der Waals surface area contributed by atoms with Gasteiger partial charge in [0.15, 0.2) is 36.5 Å². The lowest BCUT2D eigenvalue weighted by Gasteiger charge is -2.62. The van der Waals surface area contributed by atoms with Crippen molar-refractivity contribution in [1.82, 2.24) is 15.5 Å². The summed E-state index contributed by atoms with van der Waals surface area (Å²) in [5.74, 6) is -0.121. The summed E-state index contributed by atoms with van der Waals surface area (Å²) in [5, 5.41) is 94.2. The average molecular weight is 1050 g/mol. The molecule has 414 valence electrons. The van der Waals surface area contributed by atoms with Gasteiger partial charge in [-0.3, -0.25) is 14.5 Å². The van der Waals surface area contributed by atoms with E-state index < -0.39 is 147 Å². The molecule has 8 aliphatic rings. The number of nitrogens with zero attached hydrogens (tertiary/aromatic N) is 1. The molecular formula is C49H72N4O21. The SMILES string of the molecule is CO[C@@H]1OC(CO)[C@@H](O[C@@H]2OC(CO)[C@@H](O[C@@H]3OC(CO)[C@@H](OC)[C@H](O)C3NC(C)=O)[C@H](O)C2NC(=O)CCCCCOC(=O)Oc2ccc3c4c2O[C@H]2C(O)=CC[C@@]5(O)[C@@H](C3)N(CC3CC3)CC[C@]425)[C@H](O)C1N. The van der Waals surface area contributed by atoms with Crippen LogP contribution in [0.5, 0.6) is 11.5 Å². The highest BCUT2D eigenvalue weighted by Crippen LogP contribution is 2.65. The van der Waals surface area contributed by atoms with Crippen LogP contribution in [-0.4, -0.2) is 227 Å². The first-order valence-corrected chi connectivity index (χ1v) is 25.6. The Labute approximate surface area is 427 Å². The van der Waals surface area contributed by atoms with Gasteiger partial charge in [-0.2, -0.15) is 0 Å². The number of piperidine rings is 1. The summed E-state index contributed by atoms with van der Waals surface area (Å²) >= 11 is 0. The van der Waals surface area contributed by atoms with Gasteiger partial charge < -0.3 is 105 Å². The zero-order valence-corrected chi connectivity index (χ0v) is 41.6. The van der Waals surface area contributed by atoms with Gasteiger partial charge in [0, 0.05) is 52.1 Å². The highest BCUT2D eigenvalue weighted by Gasteiger charge is 2.72. The molecule has 2 amide bonds. The first-order valence-electron chi connectivity index (χ1n) is 25.6. The van der Waals surface area contributed by atoms with E-state index in [1.54, 1.807) is 12.1 Å². The van der Waals surface area contributed by atoms with E-state index in [9.17, 15) is 55.2 Å². The molecule has 1 saturated carbocycles. The quantitative estimate of drug-likeness (QED) is 0.0361. The Kier molecular flexibility index (Phi) is 16.8. The first-order chi connectivity index (χ1) is 35.5. The summed E-state index contributed by atoms with van der Waals surface area (Å²) in [6.07, 6.45) is -12.7. The molecule has 1 aromatic rings. The number of aliphatic hydroxyl groups excluding tert-OH is 7. The fourth-order valence-electron chi connectivity index (χ4n) is 12.4. The number of nitrogens with one attached hydrogen (secondary N) is 2. The number of carbonyl (C=O) groups is 3. The van der Waals surface area contributed by atoms with E-state index >= 15 is 0 Å². The van der Waals surface area contributed by atoms with E-state index in [0.717, 1.165) is 24.2 Å². The third-order valence-corrected chi connectivity index (χ3v) is 16.2. The van der Waals surface area contributed by atoms with E-state index in [2.05, 4.69) is 15.5 Å². The second-order valence-electron chi connectivity index (χ2n) is 20.8. The predicted molar refractivity (Wildman–Crippen MR) is 250 cm³/mol. The van der Waals surface area contributed by atoms with Crippen LogP contribution in [0.1, 0.15) is 69.4 Å². The van der Waals surface area contributed by atoms with E-state index in [-0.39, 0.29) is 43.4 Å². The number of nitrogens with two attached hydrogens (primary N) is 1. The average Bonchev–Trinajstić information content (AvgIpc) is 4.13. The fourth-order valence-corrected chi connectivity index (χ4v) is 12.4. The number of amides is 2. The molecule has 5 heterocycles. The first kappa shape index (κ1) is 54.9. The highest BCUT2D eigenvalue weighted by molar-refractivity contribution is 5.76. The Hall–Kier alpha value is -3.87. The lowest BCUT2D eigenvalue weighted by molar-refractivity contribution is -0.352. The molecule has 25 nitrogen and oxygen atoms in total. The molecule has 1 aromatic carbocycles. The third kappa shape index (κ3) is 10.1. The predicted octanol–water partition coefficient (Wildman–Crippen LogP) is -2.64. The summed E-state index contributed by atoms with van der Waals surface area (Å²) in [6.45, 7) is 0.616. The molecule has 9 rings (SSSR count). The zero-order valence-electron chi connectivity index (χ0n) is 41.6. The number of ether oxygens (including phenoxy) is 10. The van der Waals surface area contributed by atoms with Crippen LogP contribution in [0, 0.1) is 5.92 Å². The minimum atomic E-state index is -1.81. The van der Waals surface area contributed by atoms with Gasteiger partial charge in [-0.05, 0) is 75.1 Å². The third-order valence-electron chi connectivity index (χ3n) is 16.2. The maximum atomic E-state index is 13.7. The van der Waals surface area contributed by atoms with Gasteiger partial charge in [-0.1, -0.05) is 6.07 Å². The number of hydrogen-bond acceptors (Lipinski definition) is 23. The molecule has 2 bridgehead atoms. The van der Waals surface area contributed by atoms with E-state index in [0.29, 0.717) is 37.4 Å². The smallest absolute Gasteiger partial charge is 0.509 e. The van der Waals surface area contributed by atoms with E-state index in [4.69, 9.17) is 53.1 Å². The molecule has 3 aliphatic carbocycles. The summed E-state index contributed by atoms with van der Waals surface area (Å²) < 4.78 is 58.1. The van der Waals surface area contributed by atoms with Gasteiger partial charge in [0.25, 0.3) is 0 Å². The van der Waals surface area contributed by atoms with Crippen LogP contribution in [0.3, 0.4) is 0 Å². The largest absolute Gasteiger partial charge is 0.513 e. The highest BCUT2D eigenvalue weighted by atomic mass is 16.8. The van der Waals surface area contributed by atoms with Crippen molar-refractivity contribution in [2.24, 2.45) is 11.7 Å². The van der Waals surface area contributed by atoms with E-state index in [1.807, 2.05) is 6.07 Å². The summed E-state index contributed by atoms with van der Waals surface area (Å²) in [7, 11) is 2.56. The number of hydrogen-bond donors (Lipinski definition) is 11. The number of rotatable bonds is 20. The number of methoxy groups -OCH3 is 2. The van der Waals surface area contributed by atoms with Crippen LogP contribution in [0.4, 0.5) is 4.79 Å². The minimum Gasteiger partial charge on any atom is -0.509 e. The molecule has 4 saturated heterocycles. The van der Waals surface area contributed by atoms with Gasteiger partial charge in [0.1, 0.15) is 72.8 Å². The van der Waals surface area contributed by atoms with Crippen LogP contribution in [-0.2, 0) is 59.3 Å². The second kappa shape index (κ2) is 22.6. The Bertz CT molecular complexity index is 2200. The van der Waals surface area contributed by atoms with Gasteiger partial charge in [0.05, 0.1) is 43.5 Å². The topological polar surface area (TPSA) is 359 Å².